The van der Waals surface area contributed by atoms with Crippen LogP contribution in [0.4, 0.5) is 5.69 Å². The molecule has 1 fully saturated rings. The first-order chi connectivity index (χ1) is 12.6. The molecule has 7 nitrogen and oxygen atoms in total. The van der Waals surface area contributed by atoms with E-state index in [9.17, 15) is 4.79 Å². The number of thiophene rings is 1. The third kappa shape index (κ3) is 3.92. The lowest BCUT2D eigenvalue weighted by atomic mass is 9.94. The first-order valence-corrected chi connectivity index (χ1v) is 9.36. The number of piperidine rings is 1. The summed E-state index contributed by atoms with van der Waals surface area (Å²) in [6.45, 7) is 2.12. The number of aldehydes is 1. The van der Waals surface area contributed by atoms with Crippen LogP contribution in [0.15, 0.2) is 30.6 Å². The lowest BCUT2D eigenvalue weighted by molar-refractivity contribution is -0.106. The molecule has 4 N–H and O–H groups in total. The van der Waals surface area contributed by atoms with Crippen LogP contribution >= 0.6 is 11.3 Å². The number of pyridine rings is 1. The highest BCUT2D eigenvalue weighted by molar-refractivity contribution is 7.18. The first-order valence-electron chi connectivity index (χ1n) is 8.54. The van der Waals surface area contributed by atoms with Gasteiger partial charge in [0.2, 0.25) is 0 Å². The second-order valence-corrected chi connectivity index (χ2v) is 7.51. The molecule has 4 heterocycles. The fourth-order valence-corrected chi connectivity index (χ4v) is 4.14. The number of aromatic nitrogens is 1. The minimum Gasteiger partial charge on any atom is -0.361 e. The van der Waals surface area contributed by atoms with Crippen molar-refractivity contribution in [1.29, 1.82) is 0 Å². The van der Waals surface area contributed by atoms with Crippen molar-refractivity contribution < 1.29 is 9.59 Å². The average molecular weight is 373 g/mol. The van der Waals surface area contributed by atoms with E-state index in [-0.39, 0.29) is 18.1 Å². The van der Waals surface area contributed by atoms with Crippen LogP contribution in [0.1, 0.15) is 22.5 Å². The molecule has 0 radical (unpaired) electrons. The quantitative estimate of drug-likeness (QED) is 0.691. The van der Waals surface area contributed by atoms with Gasteiger partial charge in [0.05, 0.1) is 5.69 Å². The SMILES string of the molecule is CN1CCC2(CC1)NC(=O)c1sc(-c3ccncc3)cc1N2.NCC=O. The molecule has 0 unspecified atom stereocenters. The molecule has 0 atom stereocenters. The van der Waals surface area contributed by atoms with Crippen LogP contribution in [-0.2, 0) is 4.79 Å². The van der Waals surface area contributed by atoms with Crippen LogP contribution in [0.3, 0.4) is 0 Å². The van der Waals surface area contributed by atoms with Crippen molar-refractivity contribution in [2.75, 3.05) is 32.0 Å². The topological polar surface area (TPSA) is 100 Å². The van der Waals surface area contributed by atoms with E-state index in [2.05, 4.69) is 39.4 Å². The van der Waals surface area contributed by atoms with Crippen LogP contribution in [0.25, 0.3) is 10.4 Å². The summed E-state index contributed by atoms with van der Waals surface area (Å²) in [6, 6.07) is 6.04. The van der Waals surface area contributed by atoms with Gasteiger partial charge >= 0.3 is 0 Å². The number of amides is 1. The Morgan fingerprint density at radius 3 is 2.58 bits per heavy atom. The number of hydrogen-bond acceptors (Lipinski definition) is 7. The van der Waals surface area contributed by atoms with E-state index in [0.717, 1.165) is 46.9 Å². The molecule has 0 aromatic carbocycles. The zero-order valence-corrected chi connectivity index (χ0v) is 15.5. The number of carbonyl (C=O) groups excluding carboxylic acids is 2. The lowest BCUT2D eigenvalue weighted by Gasteiger charge is -2.44. The van der Waals surface area contributed by atoms with Crippen molar-refractivity contribution >= 4 is 29.2 Å². The van der Waals surface area contributed by atoms with E-state index in [1.807, 2.05) is 12.1 Å². The van der Waals surface area contributed by atoms with Crippen molar-refractivity contribution in [3.8, 4) is 10.4 Å². The minimum absolute atomic E-state index is 0.0450. The monoisotopic (exact) mass is 373 g/mol. The summed E-state index contributed by atoms with van der Waals surface area (Å²) in [5.74, 6) is 0.0450. The molecule has 1 saturated heterocycles. The van der Waals surface area contributed by atoms with Gasteiger partial charge in [-0.25, -0.2) is 0 Å². The number of nitrogens with two attached hydrogens (primary N) is 1. The Balaban J connectivity index is 0.000000447. The molecule has 1 spiro atoms. The standard InChI is InChI=1S/C16H18N4OS.C2H5NO/c1-20-8-4-16(5-9-20)18-12-10-13(11-2-6-17-7-3-11)22-14(12)15(21)19-16;3-1-2-4/h2-3,6-7,10,18H,4-5,8-9H2,1H3,(H,19,21);2H,1,3H2. The van der Waals surface area contributed by atoms with Gasteiger partial charge in [0, 0.05) is 49.7 Å². The molecule has 2 aromatic rings. The van der Waals surface area contributed by atoms with Gasteiger partial charge < -0.3 is 26.1 Å². The Kier molecular flexibility index (Phi) is 5.65. The second-order valence-electron chi connectivity index (χ2n) is 6.46. The number of likely N-dealkylation sites (tertiary alicyclic amines) is 1. The van der Waals surface area contributed by atoms with Gasteiger partial charge in [0.25, 0.3) is 5.91 Å². The predicted octanol–water partition coefficient (Wildman–Crippen LogP) is 1.53. The highest BCUT2D eigenvalue weighted by Gasteiger charge is 2.40. The third-order valence-electron chi connectivity index (χ3n) is 4.57. The van der Waals surface area contributed by atoms with Gasteiger partial charge in [-0.2, -0.15) is 0 Å². The number of fused-ring (bicyclic) bond motifs is 1. The summed E-state index contributed by atoms with van der Waals surface area (Å²) < 4.78 is 0. The molecule has 2 aliphatic rings. The normalized spacial score (nSPS) is 18.2. The maximum Gasteiger partial charge on any atom is 0.265 e. The third-order valence-corrected chi connectivity index (χ3v) is 5.75. The highest BCUT2D eigenvalue weighted by Crippen LogP contribution is 2.39. The van der Waals surface area contributed by atoms with Gasteiger partial charge in [0.15, 0.2) is 0 Å². The summed E-state index contributed by atoms with van der Waals surface area (Å²) in [7, 11) is 2.12. The van der Waals surface area contributed by atoms with Gasteiger partial charge in [-0.1, -0.05) is 0 Å². The number of nitrogens with zero attached hydrogens (tertiary/aromatic N) is 2. The number of rotatable bonds is 2. The Bertz CT molecular complexity index is 769. The molecule has 4 rings (SSSR count). The van der Waals surface area contributed by atoms with Crippen LogP contribution < -0.4 is 16.4 Å². The summed E-state index contributed by atoms with van der Waals surface area (Å²) in [5, 5.41) is 6.78. The molecule has 8 heteroatoms. The van der Waals surface area contributed by atoms with E-state index < -0.39 is 0 Å². The zero-order chi connectivity index (χ0) is 18.6. The Morgan fingerprint density at radius 2 is 1.96 bits per heavy atom. The Morgan fingerprint density at radius 1 is 1.31 bits per heavy atom. The summed E-state index contributed by atoms with van der Waals surface area (Å²) in [4.78, 5) is 29.8. The number of hydrogen-bond donors (Lipinski definition) is 3. The van der Waals surface area contributed by atoms with E-state index >= 15 is 0 Å². The first kappa shape index (κ1) is 18.5. The van der Waals surface area contributed by atoms with Gasteiger partial charge in [-0.05, 0) is 30.8 Å². The van der Waals surface area contributed by atoms with Crippen molar-refractivity contribution in [3.63, 3.8) is 0 Å². The van der Waals surface area contributed by atoms with Crippen molar-refractivity contribution in [3.05, 3.63) is 35.5 Å². The summed E-state index contributed by atoms with van der Waals surface area (Å²) >= 11 is 1.53. The fourth-order valence-electron chi connectivity index (χ4n) is 3.12. The van der Waals surface area contributed by atoms with Crippen molar-refractivity contribution in [2.24, 2.45) is 5.73 Å². The molecule has 26 heavy (non-hydrogen) atoms. The summed E-state index contributed by atoms with van der Waals surface area (Å²) in [5.41, 5.74) is 6.44. The van der Waals surface area contributed by atoms with E-state index in [4.69, 9.17) is 4.79 Å². The predicted molar refractivity (Wildman–Crippen MR) is 103 cm³/mol. The maximum atomic E-state index is 12.5. The molecular formula is C18H23N5O2S. The van der Waals surface area contributed by atoms with Crippen LogP contribution in [0.5, 0.6) is 0 Å². The number of carbonyl (C=O) groups is 2. The minimum atomic E-state index is -0.285. The fraction of sp³-hybridized carbons (Fsp3) is 0.389. The molecule has 0 aliphatic carbocycles. The average Bonchev–Trinajstić information content (AvgIpc) is 3.10. The highest BCUT2D eigenvalue weighted by atomic mass is 32.1. The molecular weight excluding hydrogens is 350 g/mol. The molecule has 1 amide bonds. The van der Waals surface area contributed by atoms with Gasteiger partial charge in [-0.3, -0.25) is 9.78 Å². The maximum absolute atomic E-state index is 12.5. The second kappa shape index (κ2) is 7.94. The van der Waals surface area contributed by atoms with Crippen molar-refractivity contribution in [2.45, 2.75) is 18.5 Å². The van der Waals surface area contributed by atoms with E-state index in [1.54, 1.807) is 12.4 Å². The Labute approximate surface area is 156 Å². The molecule has 138 valence electrons. The largest absolute Gasteiger partial charge is 0.361 e. The van der Waals surface area contributed by atoms with Gasteiger partial charge in [-0.15, -0.1) is 11.3 Å². The number of nitrogens with one attached hydrogen (secondary N) is 2. The molecule has 0 saturated carbocycles. The van der Waals surface area contributed by atoms with E-state index in [1.165, 1.54) is 11.3 Å². The van der Waals surface area contributed by atoms with Crippen LogP contribution in [0.2, 0.25) is 0 Å². The Hall–Kier alpha value is -2.29. The zero-order valence-electron chi connectivity index (χ0n) is 14.7. The summed E-state index contributed by atoms with van der Waals surface area (Å²) in [6.07, 6.45) is 6.06. The molecule has 2 aromatic heterocycles. The molecule has 2 aliphatic heterocycles. The van der Waals surface area contributed by atoms with Crippen molar-refractivity contribution in [1.82, 2.24) is 15.2 Å². The van der Waals surface area contributed by atoms with Crippen LogP contribution in [-0.4, -0.2) is 54.4 Å². The van der Waals surface area contributed by atoms with Crippen LogP contribution in [0, 0.1) is 0 Å². The smallest absolute Gasteiger partial charge is 0.265 e. The van der Waals surface area contributed by atoms with Gasteiger partial charge in [0.1, 0.15) is 16.8 Å². The molecule has 0 bridgehead atoms. The van der Waals surface area contributed by atoms with E-state index in [0.29, 0.717) is 6.29 Å². The number of anilines is 1. The lowest BCUT2D eigenvalue weighted by Crippen LogP contribution is -2.61.